The highest BCUT2D eigenvalue weighted by atomic mass is 16.5. The molecule has 4 heteroatoms. The first-order valence-corrected chi connectivity index (χ1v) is 7.08. The molecule has 1 heterocycles. The van der Waals surface area contributed by atoms with Crippen LogP contribution in [0, 0.1) is 0 Å². The summed E-state index contributed by atoms with van der Waals surface area (Å²) in [7, 11) is 0. The summed E-state index contributed by atoms with van der Waals surface area (Å²) in [6.45, 7) is 4.06. The van der Waals surface area contributed by atoms with Crippen molar-refractivity contribution in [3.63, 3.8) is 0 Å². The summed E-state index contributed by atoms with van der Waals surface area (Å²) in [6.07, 6.45) is 1.70. The van der Waals surface area contributed by atoms with Gasteiger partial charge < -0.3 is 4.74 Å². The molecule has 0 aromatic heterocycles. The van der Waals surface area contributed by atoms with Crippen molar-refractivity contribution in [2.24, 2.45) is 0 Å². The maximum absolute atomic E-state index is 11.5. The first kappa shape index (κ1) is 14.7. The molecule has 1 atom stereocenters. The summed E-state index contributed by atoms with van der Waals surface area (Å²) in [6, 6.07) is 10.3. The molecule has 1 aliphatic rings. The average Bonchev–Trinajstić information content (AvgIpc) is 2.39. The lowest BCUT2D eigenvalue weighted by Crippen LogP contribution is -2.40. The maximum atomic E-state index is 11.5. The molecule has 0 aliphatic carbocycles. The van der Waals surface area contributed by atoms with E-state index in [0.29, 0.717) is 0 Å². The molecular weight excluding hydrogens is 254 g/mol. The molecule has 4 nitrogen and oxygen atoms in total. The molecule has 0 spiro atoms. The number of piperidine rings is 1. The van der Waals surface area contributed by atoms with Gasteiger partial charge in [-0.15, -0.1) is 0 Å². The number of carbonyl (C=O) groups is 2. The predicted molar refractivity (Wildman–Crippen MR) is 76.1 cm³/mol. The SMILES string of the molecule is CC(=O)CC(=O)OC1CCCN(Cc2ccccc2)C1. The third-order valence-electron chi connectivity index (χ3n) is 3.40. The first-order chi connectivity index (χ1) is 9.63. The van der Waals surface area contributed by atoms with Gasteiger partial charge in [0.15, 0.2) is 0 Å². The number of hydrogen-bond acceptors (Lipinski definition) is 4. The van der Waals surface area contributed by atoms with Crippen molar-refractivity contribution in [3.8, 4) is 0 Å². The fraction of sp³-hybridized carbons (Fsp3) is 0.500. The Morgan fingerprint density at radius 2 is 2.05 bits per heavy atom. The monoisotopic (exact) mass is 275 g/mol. The van der Waals surface area contributed by atoms with Gasteiger partial charge in [-0.3, -0.25) is 14.5 Å². The zero-order valence-electron chi connectivity index (χ0n) is 11.9. The summed E-state index contributed by atoms with van der Waals surface area (Å²) < 4.78 is 5.37. The van der Waals surface area contributed by atoms with Crippen LogP contribution in [0.5, 0.6) is 0 Å². The molecule has 20 heavy (non-hydrogen) atoms. The van der Waals surface area contributed by atoms with E-state index < -0.39 is 5.97 Å². The van der Waals surface area contributed by atoms with E-state index in [2.05, 4.69) is 17.0 Å². The first-order valence-electron chi connectivity index (χ1n) is 7.08. The Morgan fingerprint density at radius 1 is 1.30 bits per heavy atom. The van der Waals surface area contributed by atoms with Crippen LogP contribution in [0.1, 0.15) is 31.7 Å². The van der Waals surface area contributed by atoms with Crippen molar-refractivity contribution >= 4 is 11.8 Å². The number of Topliss-reactive ketones (excluding diaryl/α,β-unsaturated/α-hetero) is 1. The molecule has 0 bridgehead atoms. The zero-order valence-corrected chi connectivity index (χ0v) is 11.9. The fourth-order valence-electron chi connectivity index (χ4n) is 2.53. The van der Waals surface area contributed by atoms with E-state index in [-0.39, 0.29) is 18.3 Å². The minimum Gasteiger partial charge on any atom is -0.461 e. The van der Waals surface area contributed by atoms with E-state index in [1.54, 1.807) is 0 Å². The van der Waals surface area contributed by atoms with Crippen molar-refractivity contribution in [3.05, 3.63) is 35.9 Å². The fourth-order valence-corrected chi connectivity index (χ4v) is 2.53. The van der Waals surface area contributed by atoms with Gasteiger partial charge in [-0.25, -0.2) is 0 Å². The quantitative estimate of drug-likeness (QED) is 0.610. The van der Waals surface area contributed by atoms with Crippen LogP contribution in [-0.4, -0.2) is 35.8 Å². The van der Waals surface area contributed by atoms with E-state index in [4.69, 9.17) is 4.74 Å². The Balaban J connectivity index is 1.82. The molecule has 108 valence electrons. The Kier molecular flexibility index (Phi) is 5.30. The molecule has 0 amide bonds. The van der Waals surface area contributed by atoms with Gasteiger partial charge in [0.05, 0.1) is 0 Å². The average molecular weight is 275 g/mol. The number of ketones is 1. The number of esters is 1. The second-order valence-corrected chi connectivity index (χ2v) is 5.35. The molecule has 1 aliphatic heterocycles. The number of hydrogen-bond donors (Lipinski definition) is 0. The molecular formula is C16H21NO3. The lowest BCUT2D eigenvalue weighted by atomic mass is 10.1. The van der Waals surface area contributed by atoms with Crippen LogP contribution in [0.2, 0.25) is 0 Å². The zero-order chi connectivity index (χ0) is 14.4. The molecule has 0 radical (unpaired) electrons. The van der Waals surface area contributed by atoms with Crippen LogP contribution < -0.4 is 0 Å². The van der Waals surface area contributed by atoms with E-state index in [9.17, 15) is 9.59 Å². The normalized spacial score (nSPS) is 19.6. The van der Waals surface area contributed by atoms with Gasteiger partial charge in [-0.1, -0.05) is 30.3 Å². The molecule has 2 rings (SSSR count). The van der Waals surface area contributed by atoms with Crippen molar-refractivity contribution in [1.29, 1.82) is 0 Å². The second-order valence-electron chi connectivity index (χ2n) is 5.35. The molecule has 1 aromatic rings. The van der Waals surface area contributed by atoms with E-state index in [1.165, 1.54) is 12.5 Å². The third kappa shape index (κ3) is 4.78. The predicted octanol–water partition coefficient (Wildman–Crippen LogP) is 2.17. The van der Waals surface area contributed by atoms with Crippen molar-refractivity contribution in [1.82, 2.24) is 4.90 Å². The Bertz CT molecular complexity index is 458. The lowest BCUT2D eigenvalue weighted by molar-refractivity contribution is -0.153. The highest BCUT2D eigenvalue weighted by molar-refractivity contribution is 5.94. The van der Waals surface area contributed by atoms with E-state index in [1.807, 2.05) is 18.2 Å². The van der Waals surface area contributed by atoms with Crippen LogP contribution >= 0.6 is 0 Å². The number of benzene rings is 1. The molecule has 0 N–H and O–H groups in total. The number of carbonyl (C=O) groups excluding carboxylic acids is 2. The van der Waals surface area contributed by atoms with Crippen molar-refractivity contribution in [2.75, 3.05) is 13.1 Å². The van der Waals surface area contributed by atoms with Gasteiger partial charge in [0.25, 0.3) is 0 Å². The third-order valence-corrected chi connectivity index (χ3v) is 3.40. The topological polar surface area (TPSA) is 46.6 Å². The van der Waals surface area contributed by atoms with Crippen LogP contribution in [0.3, 0.4) is 0 Å². The largest absolute Gasteiger partial charge is 0.461 e. The number of nitrogens with zero attached hydrogens (tertiary/aromatic N) is 1. The van der Waals surface area contributed by atoms with Crippen molar-refractivity contribution < 1.29 is 14.3 Å². The molecule has 1 aromatic carbocycles. The smallest absolute Gasteiger partial charge is 0.313 e. The maximum Gasteiger partial charge on any atom is 0.313 e. The summed E-state index contributed by atoms with van der Waals surface area (Å²) in [5, 5.41) is 0. The standard InChI is InChI=1S/C16H21NO3/c1-13(18)10-16(19)20-15-8-5-9-17(12-15)11-14-6-3-2-4-7-14/h2-4,6-7,15H,5,8-12H2,1H3. The van der Waals surface area contributed by atoms with Crippen LogP contribution in [0.25, 0.3) is 0 Å². The Hall–Kier alpha value is -1.68. The van der Waals surface area contributed by atoms with Crippen LogP contribution in [0.4, 0.5) is 0 Å². The van der Waals surface area contributed by atoms with Gasteiger partial charge in [0.1, 0.15) is 18.3 Å². The Morgan fingerprint density at radius 3 is 2.75 bits per heavy atom. The highest BCUT2D eigenvalue weighted by Gasteiger charge is 2.23. The van der Waals surface area contributed by atoms with Gasteiger partial charge in [0, 0.05) is 13.1 Å². The van der Waals surface area contributed by atoms with E-state index >= 15 is 0 Å². The molecule has 0 saturated carbocycles. The van der Waals surface area contributed by atoms with Crippen LogP contribution in [-0.2, 0) is 20.9 Å². The molecule has 1 unspecified atom stereocenters. The summed E-state index contributed by atoms with van der Waals surface area (Å²) >= 11 is 0. The minimum absolute atomic E-state index is 0.0840. The summed E-state index contributed by atoms with van der Waals surface area (Å²) in [5.74, 6) is -0.545. The summed E-state index contributed by atoms with van der Waals surface area (Å²) in [5.41, 5.74) is 1.27. The second kappa shape index (κ2) is 7.20. The minimum atomic E-state index is -0.399. The molecule has 1 saturated heterocycles. The van der Waals surface area contributed by atoms with Crippen LogP contribution in [0.15, 0.2) is 30.3 Å². The lowest BCUT2D eigenvalue weighted by Gasteiger charge is -2.32. The highest BCUT2D eigenvalue weighted by Crippen LogP contribution is 2.16. The summed E-state index contributed by atoms with van der Waals surface area (Å²) in [4.78, 5) is 24.7. The number of rotatable bonds is 5. The van der Waals surface area contributed by atoms with Gasteiger partial charge >= 0.3 is 5.97 Å². The van der Waals surface area contributed by atoms with E-state index in [0.717, 1.165) is 32.5 Å². The Labute approximate surface area is 119 Å². The number of likely N-dealkylation sites (tertiary alicyclic amines) is 1. The molecule has 1 fully saturated rings. The number of ether oxygens (including phenoxy) is 1. The van der Waals surface area contributed by atoms with Gasteiger partial charge in [-0.05, 0) is 31.9 Å². The van der Waals surface area contributed by atoms with Gasteiger partial charge in [0.2, 0.25) is 0 Å². The van der Waals surface area contributed by atoms with Crippen molar-refractivity contribution in [2.45, 2.75) is 38.8 Å². The van der Waals surface area contributed by atoms with Gasteiger partial charge in [-0.2, -0.15) is 0 Å².